The Labute approximate surface area is 130 Å². The Morgan fingerprint density at radius 3 is 2.91 bits per heavy atom. The van der Waals surface area contributed by atoms with Crippen molar-refractivity contribution in [1.29, 1.82) is 0 Å². The largest absolute Gasteiger partial charge is 0.497 e. The second-order valence-corrected chi connectivity index (χ2v) is 5.30. The van der Waals surface area contributed by atoms with Gasteiger partial charge in [-0.2, -0.15) is 0 Å². The average Bonchev–Trinajstić information content (AvgIpc) is 3.17. The molecule has 3 rings (SSSR count). The van der Waals surface area contributed by atoms with Crippen molar-refractivity contribution >= 4 is 23.3 Å². The van der Waals surface area contributed by atoms with Crippen molar-refractivity contribution in [2.75, 3.05) is 12.4 Å². The minimum atomic E-state index is -0.320. The van der Waals surface area contributed by atoms with Gasteiger partial charge in [0.15, 0.2) is 0 Å². The fraction of sp³-hybridized carbons (Fsp3) is 0.143. The van der Waals surface area contributed by atoms with Crippen LogP contribution in [0.3, 0.4) is 0 Å². The molecule has 2 aromatic heterocycles. The third kappa shape index (κ3) is 2.82. The molecule has 7 nitrogen and oxygen atoms in total. The van der Waals surface area contributed by atoms with Crippen LogP contribution in [0.2, 0.25) is 0 Å². The van der Waals surface area contributed by atoms with E-state index in [-0.39, 0.29) is 11.9 Å². The number of benzene rings is 1. The van der Waals surface area contributed by atoms with Crippen molar-refractivity contribution in [2.24, 2.45) is 0 Å². The molecule has 1 aromatic carbocycles. The molecular formula is C14H12N4O3S. The molecule has 1 N–H and O–H groups in total. The van der Waals surface area contributed by atoms with Crippen LogP contribution in [0.25, 0.3) is 10.8 Å². The molecule has 0 aliphatic rings. The van der Waals surface area contributed by atoms with E-state index < -0.39 is 0 Å². The normalized spacial score (nSPS) is 10.5. The van der Waals surface area contributed by atoms with Gasteiger partial charge in [0.05, 0.1) is 18.8 Å². The molecule has 0 aliphatic carbocycles. The summed E-state index contributed by atoms with van der Waals surface area (Å²) >= 11 is 1.38. The monoisotopic (exact) mass is 316 g/mol. The van der Waals surface area contributed by atoms with Crippen LogP contribution >= 0.6 is 11.3 Å². The second kappa shape index (κ2) is 5.94. The van der Waals surface area contributed by atoms with Gasteiger partial charge in [-0.15, -0.1) is 16.4 Å². The number of nitrogens with zero attached hydrogens (tertiary/aromatic N) is 3. The molecule has 0 saturated carbocycles. The standard InChI is InChI=1S/C14H12N4O3S/c1-8-5-9(20-2)3-4-10(8)12(19)16-14-18-17-13(21-14)11-6-15-7-22-11/h3-7H,1-2H3,(H,16,18,19). The number of hydrogen-bond donors (Lipinski definition) is 1. The number of aryl methyl sites for hydroxylation is 1. The zero-order valence-corrected chi connectivity index (χ0v) is 12.7. The molecule has 0 aliphatic heterocycles. The van der Waals surface area contributed by atoms with Gasteiger partial charge in [0.25, 0.3) is 11.8 Å². The minimum Gasteiger partial charge on any atom is -0.497 e. The molecule has 22 heavy (non-hydrogen) atoms. The van der Waals surface area contributed by atoms with Crippen LogP contribution in [0.15, 0.2) is 34.3 Å². The third-order valence-corrected chi connectivity index (χ3v) is 3.73. The maximum absolute atomic E-state index is 12.2. The fourth-order valence-electron chi connectivity index (χ4n) is 1.88. The fourth-order valence-corrected chi connectivity index (χ4v) is 2.42. The number of amides is 1. The lowest BCUT2D eigenvalue weighted by atomic mass is 10.1. The molecular weight excluding hydrogens is 304 g/mol. The molecule has 0 atom stereocenters. The van der Waals surface area contributed by atoms with Gasteiger partial charge in [0.2, 0.25) is 0 Å². The SMILES string of the molecule is COc1ccc(C(=O)Nc2nnc(-c3cncs3)o2)c(C)c1. The van der Waals surface area contributed by atoms with E-state index in [0.717, 1.165) is 10.4 Å². The lowest BCUT2D eigenvalue weighted by molar-refractivity contribution is 0.102. The van der Waals surface area contributed by atoms with Crippen LogP contribution in [-0.2, 0) is 0 Å². The summed E-state index contributed by atoms with van der Waals surface area (Å²) in [6, 6.07) is 5.23. The lowest BCUT2D eigenvalue weighted by Crippen LogP contribution is -2.13. The van der Waals surface area contributed by atoms with Gasteiger partial charge in [-0.1, -0.05) is 5.10 Å². The van der Waals surface area contributed by atoms with E-state index in [9.17, 15) is 4.79 Å². The number of rotatable bonds is 4. The molecule has 2 heterocycles. The van der Waals surface area contributed by atoms with E-state index in [2.05, 4.69) is 20.5 Å². The molecule has 0 unspecified atom stereocenters. The number of thiazole rings is 1. The van der Waals surface area contributed by atoms with E-state index in [1.165, 1.54) is 11.3 Å². The first kappa shape index (κ1) is 14.2. The van der Waals surface area contributed by atoms with Crippen LogP contribution in [0.1, 0.15) is 15.9 Å². The molecule has 0 spiro atoms. The Balaban J connectivity index is 1.77. The molecule has 1 amide bonds. The highest BCUT2D eigenvalue weighted by atomic mass is 32.1. The lowest BCUT2D eigenvalue weighted by Gasteiger charge is -2.06. The Bertz CT molecular complexity index is 798. The van der Waals surface area contributed by atoms with Crippen LogP contribution in [0.5, 0.6) is 5.75 Å². The highest BCUT2D eigenvalue weighted by molar-refractivity contribution is 7.13. The topological polar surface area (TPSA) is 90.1 Å². The predicted octanol–water partition coefficient (Wildman–Crippen LogP) is 2.76. The van der Waals surface area contributed by atoms with Gasteiger partial charge in [-0.05, 0) is 30.7 Å². The van der Waals surface area contributed by atoms with E-state index >= 15 is 0 Å². The smallest absolute Gasteiger partial charge is 0.322 e. The molecule has 0 fully saturated rings. The number of hydrogen-bond acceptors (Lipinski definition) is 7. The van der Waals surface area contributed by atoms with Gasteiger partial charge in [0.1, 0.15) is 10.6 Å². The van der Waals surface area contributed by atoms with E-state index in [1.54, 1.807) is 37.0 Å². The Kier molecular flexibility index (Phi) is 3.84. The Morgan fingerprint density at radius 1 is 1.36 bits per heavy atom. The van der Waals surface area contributed by atoms with Crippen LogP contribution in [0.4, 0.5) is 6.01 Å². The first-order valence-electron chi connectivity index (χ1n) is 6.35. The first-order chi connectivity index (χ1) is 10.7. The zero-order chi connectivity index (χ0) is 15.5. The third-order valence-electron chi connectivity index (χ3n) is 2.97. The van der Waals surface area contributed by atoms with E-state index in [1.807, 2.05) is 6.92 Å². The molecule has 0 radical (unpaired) electrons. The zero-order valence-electron chi connectivity index (χ0n) is 11.9. The van der Waals surface area contributed by atoms with Gasteiger partial charge in [0, 0.05) is 5.56 Å². The summed E-state index contributed by atoms with van der Waals surface area (Å²) in [5.74, 6) is 0.697. The molecule has 3 aromatic rings. The number of ether oxygens (including phenoxy) is 1. The first-order valence-corrected chi connectivity index (χ1v) is 7.23. The summed E-state index contributed by atoms with van der Waals surface area (Å²) in [4.78, 5) is 16.9. The van der Waals surface area contributed by atoms with Gasteiger partial charge in [-0.3, -0.25) is 15.1 Å². The summed E-state index contributed by atoms with van der Waals surface area (Å²) in [5, 5.41) is 10.3. The van der Waals surface area contributed by atoms with Gasteiger partial charge < -0.3 is 9.15 Å². The summed E-state index contributed by atoms with van der Waals surface area (Å²) in [7, 11) is 1.58. The highest BCUT2D eigenvalue weighted by Crippen LogP contribution is 2.23. The number of anilines is 1. The minimum absolute atomic E-state index is 0.0450. The Hall–Kier alpha value is -2.74. The molecule has 8 heteroatoms. The van der Waals surface area contributed by atoms with Crippen molar-refractivity contribution < 1.29 is 13.9 Å². The van der Waals surface area contributed by atoms with Gasteiger partial charge >= 0.3 is 6.01 Å². The number of methoxy groups -OCH3 is 1. The quantitative estimate of drug-likeness (QED) is 0.796. The summed E-state index contributed by atoms with van der Waals surface area (Å²) in [6.45, 7) is 1.83. The number of carbonyl (C=O) groups excluding carboxylic acids is 1. The summed E-state index contributed by atoms with van der Waals surface area (Å²) in [6.07, 6.45) is 1.62. The van der Waals surface area contributed by atoms with E-state index in [0.29, 0.717) is 17.2 Å². The summed E-state index contributed by atoms with van der Waals surface area (Å²) in [5.41, 5.74) is 2.97. The summed E-state index contributed by atoms with van der Waals surface area (Å²) < 4.78 is 10.5. The van der Waals surface area contributed by atoms with Crippen LogP contribution in [-0.4, -0.2) is 28.2 Å². The second-order valence-electron chi connectivity index (χ2n) is 4.41. The number of carbonyl (C=O) groups is 1. The Morgan fingerprint density at radius 2 is 2.23 bits per heavy atom. The predicted molar refractivity (Wildman–Crippen MR) is 81.1 cm³/mol. The van der Waals surface area contributed by atoms with Crippen LogP contribution in [0, 0.1) is 6.92 Å². The maximum Gasteiger partial charge on any atom is 0.322 e. The molecule has 0 bridgehead atoms. The highest BCUT2D eigenvalue weighted by Gasteiger charge is 2.15. The maximum atomic E-state index is 12.2. The van der Waals surface area contributed by atoms with Crippen molar-refractivity contribution in [3.63, 3.8) is 0 Å². The van der Waals surface area contributed by atoms with Crippen molar-refractivity contribution in [3.8, 4) is 16.5 Å². The van der Waals surface area contributed by atoms with Crippen molar-refractivity contribution in [1.82, 2.24) is 15.2 Å². The molecule has 112 valence electrons. The van der Waals surface area contributed by atoms with E-state index in [4.69, 9.17) is 9.15 Å². The van der Waals surface area contributed by atoms with Gasteiger partial charge in [-0.25, -0.2) is 0 Å². The molecule has 0 saturated heterocycles. The van der Waals surface area contributed by atoms with Crippen molar-refractivity contribution in [2.45, 2.75) is 6.92 Å². The average molecular weight is 316 g/mol. The number of nitrogens with one attached hydrogen (secondary N) is 1. The van der Waals surface area contributed by atoms with Crippen molar-refractivity contribution in [3.05, 3.63) is 41.0 Å². The number of aromatic nitrogens is 3. The van der Waals surface area contributed by atoms with Crippen LogP contribution < -0.4 is 10.1 Å².